The number of nitriles is 1. The molecule has 15 heavy (non-hydrogen) atoms. The highest BCUT2D eigenvalue weighted by molar-refractivity contribution is 9.10. The maximum Gasteiger partial charge on any atom is 0.223 e. The van der Waals surface area contributed by atoms with E-state index in [4.69, 9.17) is 5.26 Å². The van der Waals surface area contributed by atoms with E-state index in [0.29, 0.717) is 12.8 Å². The molecule has 0 radical (unpaired) electrons. The Balaban J connectivity index is 2.80. The minimum absolute atomic E-state index is 0.149. The molecular formula is C9H15BrN2O2S. The summed E-state index contributed by atoms with van der Waals surface area (Å²) in [5, 5.41) is 9.13. The van der Waals surface area contributed by atoms with Gasteiger partial charge in [0.2, 0.25) is 10.0 Å². The molecule has 1 fully saturated rings. The maximum atomic E-state index is 11.4. The summed E-state index contributed by atoms with van der Waals surface area (Å²) in [6.07, 6.45) is 5.24. The predicted molar refractivity (Wildman–Crippen MR) is 61.9 cm³/mol. The van der Waals surface area contributed by atoms with Gasteiger partial charge in [0.25, 0.3) is 0 Å². The van der Waals surface area contributed by atoms with Crippen LogP contribution in [0.5, 0.6) is 0 Å². The van der Waals surface area contributed by atoms with E-state index in [0.717, 1.165) is 25.7 Å². The monoisotopic (exact) mass is 294 g/mol. The molecule has 1 N–H and O–H groups in total. The molecule has 0 aromatic rings. The second-order valence-electron chi connectivity index (χ2n) is 3.93. The smallest absolute Gasteiger partial charge is 0.211 e. The van der Waals surface area contributed by atoms with Gasteiger partial charge in [-0.2, -0.15) is 9.98 Å². The molecule has 1 rings (SSSR count). The number of nitrogens with one attached hydrogen (secondary N) is 1. The molecule has 0 unspecified atom stereocenters. The number of halogens is 1. The van der Waals surface area contributed by atoms with Crippen LogP contribution in [0.15, 0.2) is 0 Å². The van der Waals surface area contributed by atoms with E-state index in [-0.39, 0.29) is 4.66 Å². The van der Waals surface area contributed by atoms with Gasteiger partial charge >= 0.3 is 0 Å². The second kappa shape index (κ2) is 5.28. The van der Waals surface area contributed by atoms with Gasteiger partial charge in [-0.3, -0.25) is 0 Å². The third kappa shape index (κ3) is 3.74. The molecule has 0 aromatic heterocycles. The number of hydrogen-bond acceptors (Lipinski definition) is 3. The van der Waals surface area contributed by atoms with Crippen LogP contribution < -0.4 is 4.72 Å². The lowest BCUT2D eigenvalue weighted by Crippen LogP contribution is -2.47. The van der Waals surface area contributed by atoms with Crippen LogP contribution in [-0.2, 0) is 10.0 Å². The average Bonchev–Trinajstić information content (AvgIpc) is 2.44. The van der Waals surface area contributed by atoms with E-state index in [9.17, 15) is 8.42 Å². The van der Waals surface area contributed by atoms with Gasteiger partial charge in [-0.1, -0.05) is 41.6 Å². The molecule has 6 heteroatoms. The van der Waals surface area contributed by atoms with Crippen LogP contribution in [0, 0.1) is 11.3 Å². The molecule has 0 aliphatic heterocycles. The highest BCUT2D eigenvalue weighted by Crippen LogP contribution is 2.27. The van der Waals surface area contributed by atoms with Crippen molar-refractivity contribution in [3.8, 4) is 6.07 Å². The Kier molecular flexibility index (Phi) is 4.56. The van der Waals surface area contributed by atoms with Gasteiger partial charge in [-0.15, -0.1) is 0 Å². The lowest BCUT2D eigenvalue weighted by atomic mass is 9.94. The van der Waals surface area contributed by atoms with Crippen molar-refractivity contribution in [3.05, 3.63) is 0 Å². The fourth-order valence-electron chi connectivity index (χ4n) is 1.89. The SMILES string of the molecule is N#CC1(NS(=O)(=O)CBr)CCCCCC1. The largest absolute Gasteiger partial charge is 0.223 e. The molecular weight excluding hydrogens is 280 g/mol. The van der Waals surface area contributed by atoms with Crippen LogP contribution in [0.4, 0.5) is 0 Å². The number of sulfonamides is 1. The lowest BCUT2D eigenvalue weighted by Gasteiger charge is -2.25. The molecule has 0 aromatic carbocycles. The summed E-state index contributed by atoms with van der Waals surface area (Å²) in [5.41, 5.74) is -0.872. The Morgan fingerprint density at radius 1 is 1.27 bits per heavy atom. The fourth-order valence-corrected chi connectivity index (χ4v) is 3.14. The first-order chi connectivity index (χ1) is 7.04. The normalized spacial score (nSPS) is 21.6. The molecule has 1 saturated carbocycles. The molecule has 86 valence electrons. The molecule has 0 saturated heterocycles. The minimum Gasteiger partial charge on any atom is -0.211 e. The van der Waals surface area contributed by atoms with Gasteiger partial charge < -0.3 is 0 Å². The Hall–Kier alpha value is -0.120. The number of rotatable bonds is 3. The third-order valence-electron chi connectivity index (χ3n) is 2.67. The van der Waals surface area contributed by atoms with Crippen LogP contribution in [0.25, 0.3) is 0 Å². The summed E-state index contributed by atoms with van der Waals surface area (Å²) in [5.74, 6) is 0. The van der Waals surface area contributed by atoms with Gasteiger partial charge in [0.1, 0.15) is 10.2 Å². The Morgan fingerprint density at radius 2 is 1.80 bits per heavy atom. The van der Waals surface area contributed by atoms with Crippen molar-refractivity contribution in [2.75, 3.05) is 4.66 Å². The highest BCUT2D eigenvalue weighted by atomic mass is 79.9. The van der Waals surface area contributed by atoms with Crippen molar-refractivity contribution < 1.29 is 8.42 Å². The molecule has 1 aliphatic rings. The molecule has 4 nitrogen and oxygen atoms in total. The van der Waals surface area contributed by atoms with Crippen molar-refractivity contribution in [1.29, 1.82) is 5.26 Å². The van der Waals surface area contributed by atoms with Gasteiger partial charge in [-0.25, -0.2) is 8.42 Å². The molecule has 0 amide bonds. The van der Waals surface area contributed by atoms with E-state index < -0.39 is 15.6 Å². The van der Waals surface area contributed by atoms with Crippen molar-refractivity contribution >= 4 is 26.0 Å². The van der Waals surface area contributed by atoms with Crippen LogP contribution >= 0.6 is 15.9 Å². The fraction of sp³-hybridized carbons (Fsp3) is 0.889. The Labute approximate surface area is 99.2 Å². The second-order valence-corrected chi connectivity index (χ2v) is 6.96. The molecule has 0 atom stereocenters. The number of nitrogens with zero attached hydrogens (tertiary/aromatic N) is 1. The Morgan fingerprint density at radius 3 is 2.20 bits per heavy atom. The molecule has 0 bridgehead atoms. The van der Waals surface area contributed by atoms with Crippen molar-refractivity contribution in [2.45, 2.75) is 44.1 Å². The molecule has 0 spiro atoms. The first-order valence-corrected chi connectivity index (χ1v) is 7.80. The van der Waals surface area contributed by atoms with Gasteiger partial charge in [0, 0.05) is 0 Å². The summed E-state index contributed by atoms with van der Waals surface area (Å²) < 4.78 is 25.2. The quantitative estimate of drug-likeness (QED) is 0.638. The number of hydrogen-bond donors (Lipinski definition) is 1. The zero-order valence-corrected chi connectivity index (χ0v) is 10.9. The van der Waals surface area contributed by atoms with Crippen LogP contribution in [0.3, 0.4) is 0 Å². The van der Waals surface area contributed by atoms with Gasteiger partial charge in [-0.05, 0) is 12.8 Å². The zero-order chi connectivity index (χ0) is 11.4. The Bertz CT molecular complexity index is 340. The first kappa shape index (κ1) is 12.9. The van der Waals surface area contributed by atoms with Gasteiger partial charge in [0.15, 0.2) is 0 Å². The molecule has 1 aliphatic carbocycles. The average molecular weight is 295 g/mol. The van der Waals surface area contributed by atoms with Crippen molar-refractivity contribution in [3.63, 3.8) is 0 Å². The van der Waals surface area contributed by atoms with Crippen LogP contribution in [-0.4, -0.2) is 18.6 Å². The van der Waals surface area contributed by atoms with E-state index in [1.165, 1.54) is 0 Å². The zero-order valence-electron chi connectivity index (χ0n) is 8.50. The van der Waals surface area contributed by atoms with E-state index >= 15 is 0 Å². The lowest BCUT2D eigenvalue weighted by molar-refractivity contribution is 0.423. The summed E-state index contributed by atoms with van der Waals surface area (Å²) in [7, 11) is -3.36. The summed E-state index contributed by atoms with van der Waals surface area (Å²) in [6, 6.07) is 2.14. The maximum absolute atomic E-state index is 11.4. The first-order valence-electron chi connectivity index (χ1n) is 5.02. The summed E-state index contributed by atoms with van der Waals surface area (Å²) in [4.78, 5) is 0. The van der Waals surface area contributed by atoms with Crippen molar-refractivity contribution in [1.82, 2.24) is 4.72 Å². The summed E-state index contributed by atoms with van der Waals surface area (Å²) in [6.45, 7) is 0. The van der Waals surface area contributed by atoms with E-state index in [2.05, 4.69) is 26.7 Å². The number of alkyl halides is 1. The predicted octanol–water partition coefficient (Wildman–Crippen LogP) is 1.87. The van der Waals surface area contributed by atoms with E-state index in [1.807, 2.05) is 0 Å². The standard InChI is InChI=1S/C9H15BrN2O2S/c10-8-15(13,14)12-9(7-11)5-3-1-2-4-6-9/h12H,1-6,8H2. The van der Waals surface area contributed by atoms with Crippen molar-refractivity contribution in [2.24, 2.45) is 0 Å². The van der Waals surface area contributed by atoms with E-state index in [1.54, 1.807) is 0 Å². The summed E-state index contributed by atoms with van der Waals surface area (Å²) >= 11 is 2.91. The highest BCUT2D eigenvalue weighted by Gasteiger charge is 2.34. The van der Waals surface area contributed by atoms with Gasteiger partial charge in [0.05, 0.1) is 6.07 Å². The minimum atomic E-state index is -3.36. The van der Waals surface area contributed by atoms with Crippen LogP contribution in [0.2, 0.25) is 0 Å². The molecule has 0 heterocycles. The van der Waals surface area contributed by atoms with Crippen LogP contribution in [0.1, 0.15) is 38.5 Å². The topological polar surface area (TPSA) is 70.0 Å². The third-order valence-corrected chi connectivity index (χ3v) is 5.46.